The van der Waals surface area contributed by atoms with Crippen molar-refractivity contribution in [1.29, 1.82) is 0 Å². The molecule has 19 heavy (non-hydrogen) atoms. The van der Waals surface area contributed by atoms with Crippen molar-refractivity contribution >= 4 is 17.8 Å². The fourth-order valence-corrected chi connectivity index (χ4v) is 1.75. The number of likely N-dealkylation sites (tertiary alicyclic amines) is 1. The van der Waals surface area contributed by atoms with Gasteiger partial charge in [0.2, 0.25) is 5.91 Å². The second-order valence-electron chi connectivity index (χ2n) is 4.21. The Labute approximate surface area is 112 Å². The highest BCUT2D eigenvalue weighted by atomic mass is 16.5. The lowest BCUT2D eigenvalue weighted by Gasteiger charge is -2.15. The summed E-state index contributed by atoms with van der Waals surface area (Å²) < 4.78 is 9.66. The number of rotatable bonds is 7. The van der Waals surface area contributed by atoms with Crippen molar-refractivity contribution in [3.8, 4) is 0 Å². The largest absolute Gasteiger partial charge is 0.466 e. The summed E-state index contributed by atoms with van der Waals surface area (Å²) in [4.78, 5) is 35.6. The molecule has 6 heteroatoms. The standard InChI is InChI=1S/C13H19NO5/c1-3-18-12(16)9-10(2)13(17)19-8-7-14-6-4-5-11(14)15/h2-9H2,1H3. The molecule has 1 aliphatic rings. The molecule has 1 saturated heterocycles. The van der Waals surface area contributed by atoms with E-state index in [0.29, 0.717) is 19.5 Å². The molecule has 1 fully saturated rings. The highest BCUT2D eigenvalue weighted by Gasteiger charge is 2.20. The molecule has 0 atom stereocenters. The van der Waals surface area contributed by atoms with Gasteiger partial charge in [0.25, 0.3) is 0 Å². The van der Waals surface area contributed by atoms with E-state index in [1.807, 2.05) is 0 Å². The first-order valence-corrected chi connectivity index (χ1v) is 6.33. The third-order valence-corrected chi connectivity index (χ3v) is 2.72. The van der Waals surface area contributed by atoms with Crippen LogP contribution in [0.2, 0.25) is 0 Å². The number of hydrogen-bond donors (Lipinski definition) is 0. The van der Waals surface area contributed by atoms with Crippen LogP contribution in [0.15, 0.2) is 12.2 Å². The van der Waals surface area contributed by atoms with E-state index in [-0.39, 0.29) is 31.1 Å². The average Bonchev–Trinajstić information content (AvgIpc) is 2.75. The van der Waals surface area contributed by atoms with Gasteiger partial charge in [0.1, 0.15) is 6.61 Å². The van der Waals surface area contributed by atoms with Crippen molar-refractivity contribution < 1.29 is 23.9 Å². The molecule has 0 radical (unpaired) electrons. The summed E-state index contributed by atoms with van der Waals surface area (Å²) in [5.41, 5.74) is 0.0613. The maximum Gasteiger partial charge on any atom is 0.334 e. The maximum absolute atomic E-state index is 11.5. The van der Waals surface area contributed by atoms with Crippen LogP contribution in [0, 0.1) is 0 Å². The van der Waals surface area contributed by atoms with Crippen molar-refractivity contribution in [3.63, 3.8) is 0 Å². The molecule has 0 unspecified atom stereocenters. The number of carbonyl (C=O) groups is 3. The van der Waals surface area contributed by atoms with Crippen LogP contribution in [0.4, 0.5) is 0 Å². The Morgan fingerprint density at radius 1 is 1.37 bits per heavy atom. The van der Waals surface area contributed by atoms with Gasteiger partial charge < -0.3 is 14.4 Å². The molecule has 0 aromatic carbocycles. The van der Waals surface area contributed by atoms with Gasteiger partial charge in [-0.05, 0) is 13.3 Å². The molecule has 0 spiro atoms. The van der Waals surface area contributed by atoms with Crippen molar-refractivity contribution in [1.82, 2.24) is 4.90 Å². The zero-order valence-electron chi connectivity index (χ0n) is 11.1. The van der Waals surface area contributed by atoms with E-state index in [2.05, 4.69) is 6.58 Å². The number of amides is 1. The summed E-state index contributed by atoms with van der Waals surface area (Å²) >= 11 is 0. The van der Waals surface area contributed by atoms with Gasteiger partial charge >= 0.3 is 11.9 Å². The minimum atomic E-state index is -0.625. The van der Waals surface area contributed by atoms with E-state index in [1.54, 1.807) is 11.8 Å². The molecule has 6 nitrogen and oxygen atoms in total. The predicted molar refractivity (Wildman–Crippen MR) is 67.2 cm³/mol. The summed E-state index contributed by atoms with van der Waals surface area (Å²) in [6.07, 6.45) is 1.24. The van der Waals surface area contributed by atoms with Crippen LogP contribution in [0.5, 0.6) is 0 Å². The van der Waals surface area contributed by atoms with Crippen molar-refractivity contribution in [2.75, 3.05) is 26.3 Å². The average molecular weight is 269 g/mol. The molecule has 1 rings (SSSR count). The van der Waals surface area contributed by atoms with Gasteiger partial charge in [0.05, 0.1) is 19.6 Å². The lowest BCUT2D eigenvalue weighted by Crippen LogP contribution is -2.29. The molecule has 1 amide bonds. The molecule has 0 aromatic heterocycles. The Bertz CT molecular complexity index is 377. The van der Waals surface area contributed by atoms with E-state index < -0.39 is 11.9 Å². The minimum Gasteiger partial charge on any atom is -0.466 e. The zero-order valence-corrected chi connectivity index (χ0v) is 11.1. The van der Waals surface area contributed by atoms with Crippen LogP contribution in [-0.2, 0) is 23.9 Å². The van der Waals surface area contributed by atoms with Crippen molar-refractivity contribution in [2.24, 2.45) is 0 Å². The highest BCUT2D eigenvalue weighted by molar-refractivity contribution is 5.93. The molecular weight excluding hydrogens is 250 g/mol. The monoisotopic (exact) mass is 269 g/mol. The van der Waals surface area contributed by atoms with Crippen molar-refractivity contribution in [2.45, 2.75) is 26.2 Å². The molecule has 106 valence electrons. The van der Waals surface area contributed by atoms with Crippen LogP contribution in [0.25, 0.3) is 0 Å². The van der Waals surface area contributed by atoms with E-state index in [9.17, 15) is 14.4 Å². The van der Waals surface area contributed by atoms with Gasteiger partial charge in [-0.2, -0.15) is 0 Å². The van der Waals surface area contributed by atoms with Gasteiger partial charge in [-0.1, -0.05) is 6.58 Å². The molecule has 1 heterocycles. The fourth-order valence-electron chi connectivity index (χ4n) is 1.75. The Morgan fingerprint density at radius 2 is 2.11 bits per heavy atom. The highest BCUT2D eigenvalue weighted by Crippen LogP contribution is 2.09. The number of esters is 2. The van der Waals surface area contributed by atoms with Gasteiger partial charge in [0, 0.05) is 18.5 Å². The minimum absolute atomic E-state index is 0.0613. The Hall–Kier alpha value is -1.85. The third kappa shape index (κ3) is 5.11. The van der Waals surface area contributed by atoms with Gasteiger partial charge in [-0.15, -0.1) is 0 Å². The first-order chi connectivity index (χ1) is 9.04. The molecule has 0 aromatic rings. The SMILES string of the molecule is C=C(CC(=O)OCC)C(=O)OCCN1CCCC1=O. The Kier molecular flexibility index (Phi) is 6.05. The molecule has 0 aliphatic carbocycles. The lowest BCUT2D eigenvalue weighted by molar-refractivity contribution is -0.146. The number of ether oxygens (including phenoxy) is 2. The number of carbonyl (C=O) groups excluding carboxylic acids is 3. The number of hydrogen-bond acceptors (Lipinski definition) is 5. The maximum atomic E-state index is 11.5. The fraction of sp³-hybridized carbons (Fsp3) is 0.615. The zero-order chi connectivity index (χ0) is 14.3. The lowest BCUT2D eigenvalue weighted by atomic mass is 10.2. The first-order valence-electron chi connectivity index (χ1n) is 6.33. The Balaban J connectivity index is 2.21. The molecular formula is C13H19NO5. The van der Waals surface area contributed by atoms with Gasteiger partial charge in [-0.3, -0.25) is 9.59 Å². The van der Waals surface area contributed by atoms with Crippen molar-refractivity contribution in [3.05, 3.63) is 12.2 Å². The molecule has 1 aliphatic heterocycles. The van der Waals surface area contributed by atoms with Crippen LogP contribution >= 0.6 is 0 Å². The summed E-state index contributed by atoms with van der Waals surface area (Å²) in [6, 6.07) is 0. The summed E-state index contributed by atoms with van der Waals surface area (Å²) in [7, 11) is 0. The smallest absolute Gasteiger partial charge is 0.334 e. The Morgan fingerprint density at radius 3 is 2.68 bits per heavy atom. The van der Waals surface area contributed by atoms with Gasteiger partial charge in [-0.25, -0.2) is 4.79 Å². The summed E-state index contributed by atoms with van der Waals surface area (Å²) in [5.74, 6) is -1.04. The van der Waals surface area contributed by atoms with E-state index >= 15 is 0 Å². The molecule has 0 N–H and O–H groups in total. The van der Waals surface area contributed by atoms with E-state index in [1.165, 1.54) is 0 Å². The van der Waals surface area contributed by atoms with Crippen LogP contribution in [-0.4, -0.2) is 49.0 Å². The predicted octanol–water partition coefficient (Wildman–Crippen LogP) is 0.661. The van der Waals surface area contributed by atoms with Crippen LogP contribution in [0.3, 0.4) is 0 Å². The number of nitrogens with zero attached hydrogens (tertiary/aromatic N) is 1. The molecule has 0 bridgehead atoms. The van der Waals surface area contributed by atoms with E-state index in [4.69, 9.17) is 9.47 Å². The third-order valence-electron chi connectivity index (χ3n) is 2.72. The van der Waals surface area contributed by atoms with E-state index in [0.717, 1.165) is 6.42 Å². The normalized spacial score (nSPS) is 14.4. The molecule has 0 saturated carbocycles. The van der Waals surface area contributed by atoms with Gasteiger partial charge in [0.15, 0.2) is 0 Å². The quantitative estimate of drug-likeness (QED) is 0.501. The topological polar surface area (TPSA) is 72.9 Å². The second-order valence-corrected chi connectivity index (χ2v) is 4.21. The summed E-state index contributed by atoms with van der Waals surface area (Å²) in [6.45, 7) is 6.65. The second kappa shape index (κ2) is 7.56. The van der Waals surface area contributed by atoms with Crippen LogP contribution in [0.1, 0.15) is 26.2 Å². The summed E-state index contributed by atoms with van der Waals surface area (Å²) in [5, 5.41) is 0. The first kappa shape index (κ1) is 15.2. The van der Waals surface area contributed by atoms with Crippen LogP contribution < -0.4 is 0 Å².